The summed E-state index contributed by atoms with van der Waals surface area (Å²) in [6.45, 7) is 4.27. The molecule has 2 heteroatoms. The molecule has 0 rings (SSSR count). The van der Waals surface area contributed by atoms with E-state index in [1.54, 1.807) is 6.92 Å². The smallest absolute Gasteiger partial charge is 0.123 e. The molecule has 0 unspecified atom stereocenters. The fraction of sp³-hybridized carbons (Fsp3) is 0.667. The van der Waals surface area contributed by atoms with E-state index in [-0.39, 0.29) is 5.76 Å². The van der Waals surface area contributed by atoms with Crippen molar-refractivity contribution in [1.29, 1.82) is 0 Å². The van der Waals surface area contributed by atoms with E-state index in [4.69, 9.17) is 9.84 Å². The molecular formula is C6H12O2. The second-order valence-electron chi connectivity index (χ2n) is 1.63. The van der Waals surface area contributed by atoms with Gasteiger partial charge in [-0.15, -0.1) is 0 Å². The zero-order chi connectivity index (χ0) is 6.41. The zero-order valence-corrected chi connectivity index (χ0v) is 5.35. The number of rotatable bonds is 3. The Kier molecular flexibility index (Phi) is 4.13. The van der Waals surface area contributed by atoms with Crippen LogP contribution in [0.5, 0.6) is 0 Å². The average molecular weight is 116 g/mol. The van der Waals surface area contributed by atoms with Crippen molar-refractivity contribution in [3.05, 3.63) is 12.0 Å². The molecule has 0 aliphatic heterocycles. The summed E-state index contributed by atoms with van der Waals surface area (Å²) in [5, 5.41) is 8.52. The highest BCUT2D eigenvalue weighted by atomic mass is 16.5. The third-order valence-electron chi connectivity index (χ3n) is 0.576. The van der Waals surface area contributed by atoms with E-state index in [1.165, 1.54) is 6.26 Å². The molecule has 0 aromatic heterocycles. The molecule has 0 aliphatic rings. The summed E-state index contributed by atoms with van der Waals surface area (Å²) >= 11 is 0. The maximum absolute atomic E-state index is 8.52. The van der Waals surface area contributed by atoms with Gasteiger partial charge in [0.25, 0.3) is 0 Å². The molecule has 0 saturated carbocycles. The van der Waals surface area contributed by atoms with Crippen LogP contribution in [0.25, 0.3) is 0 Å². The molecule has 0 aromatic carbocycles. The predicted octanol–water partition coefficient (Wildman–Crippen LogP) is 1.83. The van der Waals surface area contributed by atoms with Crippen LogP contribution in [0, 0.1) is 0 Å². The largest absolute Gasteiger partial charge is 0.509 e. The van der Waals surface area contributed by atoms with Crippen molar-refractivity contribution in [2.24, 2.45) is 0 Å². The van der Waals surface area contributed by atoms with Gasteiger partial charge in [0.1, 0.15) is 12.0 Å². The van der Waals surface area contributed by atoms with Gasteiger partial charge in [-0.3, -0.25) is 0 Å². The Labute approximate surface area is 49.8 Å². The summed E-state index contributed by atoms with van der Waals surface area (Å²) in [7, 11) is 0. The van der Waals surface area contributed by atoms with Crippen molar-refractivity contribution >= 4 is 0 Å². The lowest BCUT2D eigenvalue weighted by atomic mass is 10.5. The van der Waals surface area contributed by atoms with Crippen LogP contribution in [-0.2, 0) is 4.74 Å². The van der Waals surface area contributed by atoms with Crippen LogP contribution >= 0.6 is 0 Å². The summed E-state index contributed by atoms with van der Waals surface area (Å²) in [6.07, 6.45) is 2.33. The van der Waals surface area contributed by atoms with E-state index in [0.717, 1.165) is 6.42 Å². The standard InChI is InChI=1S/C6H12O2/c1-3-4-8-5-6(2)7/h5,7H,3-4H2,1-2H3. The van der Waals surface area contributed by atoms with E-state index < -0.39 is 0 Å². The molecule has 0 amide bonds. The summed E-state index contributed by atoms with van der Waals surface area (Å²) in [6, 6.07) is 0. The first-order valence-electron chi connectivity index (χ1n) is 2.74. The highest BCUT2D eigenvalue weighted by molar-refractivity contribution is 4.76. The molecule has 0 atom stereocenters. The molecule has 0 aliphatic carbocycles. The number of ether oxygens (including phenoxy) is 1. The SMILES string of the molecule is CCCOC=C(C)O. The number of aliphatic hydroxyl groups is 1. The minimum Gasteiger partial charge on any atom is -0.509 e. The highest BCUT2D eigenvalue weighted by Crippen LogP contribution is 1.86. The Hall–Kier alpha value is -0.660. The summed E-state index contributed by atoms with van der Waals surface area (Å²) in [4.78, 5) is 0. The lowest BCUT2D eigenvalue weighted by Crippen LogP contribution is -1.83. The molecule has 2 nitrogen and oxygen atoms in total. The van der Waals surface area contributed by atoms with Gasteiger partial charge in [-0.2, -0.15) is 0 Å². The van der Waals surface area contributed by atoms with Gasteiger partial charge in [0.2, 0.25) is 0 Å². The number of hydrogen-bond donors (Lipinski definition) is 1. The Bertz CT molecular complexity index is 72.6. The Balaban J connectivity index is 3.03. The Morgan fingerprint density at radius 2 is 2.38 bits per heavy atom. The van der Waals surface area contributed by atoms with Gasteiger partial charge >= 0.3 is 0 Å². The lowest BCUT2D eigenvalue weighted by Gasteiger charge is -1.94. The Morgan fingerprint density at radius 1 is 1.75 bits per heavy atom. The quantitative estimate of drug-likeness (QED) is 0.450. The second kappa shape index (κ2) is 4.50. The van der Waals surface area contributed by atoms with Crippen LogP contribution in [-0.4, -0.2) is 11.7 Å². The van der Waals surface area contributed by atoms with Gasteiger partial charge in [0, 0.05) is 0 Å². The van der Waals surface area contributed by atoms with Crippen molar-refractivity contribution in [2.45, 2.75) is 20.3 Å². The molecule has 0 heterocycles. The van der Waals surface area contributed by atoms with Crippen LogP contribution in [0.4, 0.5) is 0 Å². The first-order chi connectivity index (χ1) is 3.77. The molecule has 48 valence electrons. The van der Waals surface area contributed by atoms with Crippen molar-refractivity contribution in [2.75, 3.05) is 6.61 Å². The molecule has 0 saturated heterocycles. The summed E-state index contributed by atoms with van der Waals surface area (Å²) in [5.74, 6) is 0.221. The third kappa shape index (κ3) is 5.34. The summed E-state index contributed by atoms with van der Waals surface area (Å²) in [5.41, 5.74) is 0. The highest BCUT2D eigenvalue weighted by Gasteiger charge is 1.78. The first-order valence-corrected chi connectivity index (χ1v) is 2.74. The maximum atomic E-state index is 8.52. The molecule has 0 aromatic rings. The van der Waals surface area contributed by atoms with E-state index in [1.807, 2.05) is 6.92 Å². The van der Waals surface area contributed by atoms with Crippen molar-refractivity contribution < 1.29 is 9.84 Å². The van der Waals surface area contributed by atoms with Gasteiger partial charge < -0.3 is 9.84 Å². The monoisotopic (exact) mass is 116 g/mol. The van der Waals surface area contributed by atoms with Crippen LogP contribution in [0.3, 0.4) is 0 Å². The molecule has 0 bridgehead atoms. The number of aliphatic hydroxyl groups excluding tert-OH is 1. The predicted molar refractivity (Wildman–Crippen MR) is 32.6 cm³/mol. The lowest BCUT2D eigenvalue weighted by molar-refractivity contribution is 0.230. The molecule has 0 spiro atoms. The number of allylic oxidation sites excluding steroid dienone is 1. The maximum Gasteiger partial charge on any atom is 0.123 e. The van der Waals surface area contributed by atoms with Crippen molar-refractivity contribution in [1.82, 2.24) is 0 Å². The van der Waals surface area contributed by atoms with Gasteiger partial charge in [-0.25, -0.2) is 0 Å². The Morgan fingerprint density at radius 3 is 2.75 bits per heavy atom. The normalized spacial score (nSPS) is 11.5. The van der Waals surface area contributed by atoms with Gasteiger partial charge in [0.05, 0.1) is 6.61 Å². The van der Waals surface area contributed by atoms with Crippen LogP contribution in [0.2, 0.25) is 0 Å². The van der Waals surface area contributed by atoms with Crippen LogP contribution < -0.4 is 0 Å². The minimum absolute atomic E-state index is 0.221. The van der Waals surface area contributed by atoms with Gasteiger partial charge in [-0.1, -0.05) is 6.92 Å². The van der Waals surface area contributed by atoms with Crippen molar-refractivity contribution in [3.63, 3.8) is 0 Å². The second-order valence-corrected chi connectivity index (χ2v) is 1.63. The fourth-order valence-electron chi connectivity index (χ4n) is 0.297. The van der Waals surface area contributed by atoms with Gasteiger partial charge in [-0.05, 0) is 13.3 Å². The van der Waals surface area contributed by atoms with E-state index in [9.17, 15) is 0 Å². The molecule has 1 N–H and O–H groups in total. The molecule has 0 radical (unpaired) electrons. The minimum atomic E-state index is 0.221. The molecule has 0 fully saturated rings. The van der Waals surface area contributed by atoms with Crippen LogP contribution in [0.15, 0.2) is 12.0 Å². The topological polar surface area (TPSA) is 29.5 Å². The fourth-order valence-corrected chi connectivity index (χ4v) is 0.297. The van der Waals surface area contributed by atoms with E-state index >= 15 is 0 Å². The third-order valence-corrected chi connectivity index (χ3v) is 0.576. The van der Waals surface area contributed by atoms with Gasteiger partial charge in [0.15, 0.2) is 0 Å². The van der Waals surface area contributed by atoms with Crippen molar-refractivity contribution in [3.8, 4) is 0 Å². The summed E-state index contributed by atoms with van der Waals surface area (Å²) < 4.78 is 4.83. The van der Waals surface area contributed by atoms with Crippen LogP contribution in [0.1, 0.15) is 20.3 Å². The molecular weight excluding hydrogens is 104 g/mol. The number of hydrogen-bond acceptors (Lipinski definition) is 2. The first kappa shape index (κ1) is 7.34. The average Bonchev–Trinajstić information content (AvgIpc) is 1.66. The molecule has 8 heavy (non-hydrogen) atoms. The van der Waals surface area contributed by atoms with E-state index in [2.05, 4.69) is 0 Å². The zero-order valence-electron chi connectivity index (χ0n) is 5.35. The van der Waals surface area contributed by atoms with E-state index in [0.29, 0.717) is 6.61 Å².